The van der Waals surface area contributed by atoms with Crippen molar-refractivity contribution in [2.45, 2.75) is 0 Å². The Morgan fingerprint density at radius 2 is 1.79 bits per heavy atom. The Kier molecular flexibility index (Phi) is 8.57. The molecule has 0 aliphatic carbocycles. The van der Waals surface area contributed by atoms with Gasteiger partial charge in [-0.25, -0.2) is 10.2 Å². The Morgan fingerprint density at radius 1 is 0.974 bits per heavy atom. The monoisotopic (exact) mass is 595 g/mol. The normalized spacial score (nSPS) is 10.7. The highest BCUT2D eigenvalue weighted by Gasteiger charge is 2.15. The van der Waals surface area contributed by atoms with Gasteiger partial charge < -0.3 is 19.2 Å². The molecule has 11 heteroatoms. The van der Waals surface area contributed by atoms with Crippen molar-refractivity contribution in [3.05, 3.63) is 111 Å². The summed E-state index contributed by atoms with van der Waals surface area (Å²) in [5, 5.41) is 7.09. The summed E-state index contributed by atoms with van der Waals surface area (Å²) in [5.41, 5.74) is 3.72. The number of anilines is 1. The number of carbonyl (C=O) groups excluding carboxylic acids is 3. The van der Waals surface area contributed by atoms with Crippen molar-refractivity contribution in [2.75, 3.05) is 12.4 Å². The van der Waals surface area contributed by atoms with Gasteiger partial charge in [0.1, 0.15) is 11.5 Å². The van der Waals surface area contributed by atoms with Crippen molar-refractivity contribution in [1.82, 2.24) is 5.43 Å². The van der Waals surface area contributed by atoms with Crippen LogP contribution >= 0.6 is 27.5 Å². The van der Waals surface area contributed by atoms with Crippen LogP contribution in [-0.4, -0.2) is 31.1 Å². The van der Waals surface area contributed by atoms with Crippen molar-refractivity contribution in [2.24, 2.45) is 5.10 Å². The SMILES string of the molecule is COc1ccc(Cl)cc1C(=O)Nc1cccc(C(=O)NN=Cc2cc(Br)ccc2OC(=O)c2ccco2)c1. The topological polar surface area (TPSA) is 119 Å². The molecule has 0 bridgehead atoms. The first kappa shape index (κ1) is 26.6. The molecule has 0 unspecified atom stereocenters. The summed E-state index contributed by atoms with van der Waals surface area (Å²) in [6.45, 7) is 0. The van der Waals surface area contributed by atoms with Gasteiger partial charge in [0.05, 0.1) is 25.2 Å². The number of nitrogens with zero attached hydrogens (tertiary/aromatic N) is 1. The molecule has 0 spiro atoms. The van der Waals surface area contributed by atoms with Gasteiger partial charge >= 0.3 is 5.97 Å². The fraction of sp³-hybridized carbons (Fsp3) is 0.0370. The van der Waals surface area contributed by atoms with E-state index in [1.807, 2.05) is 0 Å². The average molecular weight is 597 g/mol. The zero-order valence-electron chi connectivity index (χ0n) is 19.7. The van der Waals surface area contributed by atoms with Crippen molar-refractivity contribution < 1.29 is 28.3 Å². The Morgan fingerprint density at radius 3 is 2.55 bits per heavy atom. The number of halogens is 2. The van der Waals surface area contributed by atoms with Gasteiger partial charge in [-0.15, -0.1) is 0 Å². The second-order valence-corrected chi connectivity index (χ2v) is 8.98. The number of hydrogen-bond donors (Lipinski definition) is 2. The summed E-state index contributed by atoms with van der Waals surface area (Å²) in [6, 6.07) is 19.0. The highest BCUT2D eigenvalue weighted by Crippen LogP contribution is 2.25. The molecule has 0 atom stereocenters. The molecule has 4 aromatic rings. The summed E-state index contributed by atoms with van der Waals surface area (Å²) in [6.07, 6.45) is 2.70. The lowest BCUT2D eigenvalue weighted by molar-refractivity contribution is 0.0700. The van der Waals surface area contributed by atoms with Crippen molar-refractivity contribution in [3.8, 4) is 11.5 Å². The maximum atomic E-state index is 12.7. The van der Waals surface area contributed by atoms with E-state index in [0.29, 0.717) is 26.5 Å². The third-order valence-corrected chi connectivity index (χ3v) is 5.78. The molecule has 0 aliphatic rings. The first-order valence-corrected chi connectivity index (χ1v) is 12.1. The van der Waals surface area contributed by atoms with E-state index >= 15 is 0 Å². The fourth-order valence-electron chi connectivity index (χ4n) is 3.28. The summed E-state index contributed by atoms with van der Waals surface area (Å²) >= 11 is 9.37. The van der Waals surface area contributed by atoms with Crippen LogP contribution in [0.1, 0.15) is 36.8 Å². The Hall–Kier alpha value is -4.41. The number of rotatable bonds is 8. The first-order valence-electron chi connectivity index (χ1n) is 11.0. The number of carbonyl (C=O) groups is 3. The van der Waals surface area contributed by atoms with Gasteiger partial charge in [-0.2, -0.15) is 5.10 Å². The van der Waals surface area contributed by atoms with Crippen molar-refractivity contribution in [1.29, 1.82) is 0 Å². The van der Waals surface area contributed by atoms with E-state index in [2.05, 4.69) is 31.8 Å². The molecule has 2 N–H and O–H groups in total. The largest absolute Gasteiger partial charge is 0.496 e. The number of hydrogen-bond acceptors (Lipinski definition) is 7. The van der Waals surface area contributed by atoms with E-state index in [4.69, 9.17) is 25.5 Å². The van der Waals surface area contributed by atoms with E-state index in [-0.39, 0.29) is 22.6 Å². The van der Waals surface area contributed by atoms with E-state index in [0.717, 1.165) is 0 Å². The van der Waals surface area contributed by atoms with Crippen LogP contribution in [0.2, 0.25) is 5.02 Å². The number of hydrazone groups is 1. The predicted octanol–water partition coefficient (Wildman–Crippen LogP) is 5.94. The summed E-state index contributed by atoms with van der Waals surface area (Å²) in [4.78, 5) is 37.7. The predicted molar refractivity (Wildman–Crippen MR) is 145 cm³/mol. The molecule has 1 aromatic heterocycles. The molecular weight excluding hydrogens is 578 g/mol. The van der Waals surface area contributed by atoms with Gasteiger partial charge in [0.15, 0.2) is 0 Å². The highest BCUT2D eigenvalue weighted by atomic mass is 79.9. The number of methoxy groups -OCH3 is 1. The average Bonchev–Trinajstić information content (AvgIpc) is 3.45. The van der Waals surface area contributed by atoms with Crippen LogP contribution in [-0.2, 0) is 0 Å². The smallest absolute Gasteiger partial charge is 0.379 e. The highest BCUT2D eigenvalue weighted by molar-refractivity contribution is 9.10. The van der Waals surface area contributed by atoms with Crippen molar-refractivity contribution in [3.63, 3.8) is 0 Å². The summed E-state index contributed by atoms with van der Waals surface area (Å²) in [5.74, 6) is -1.03. The minimum atomic E-state index is -0.676. The first-order chi connectivity index (χ1) is 18.3. The Bertz CT molecular complexity index is 1520. The Balaban J connectivity index is 1.44. The van der Waals surface area contributed by atoms with Crippen LogP contribution in [0.15, 0.2) is 93.1 Å². The van der Waals surface area contributed by atoms with Crippen LogP contribution in [0.4, 0.5) is 5.69 Å². The molecule has 0 radical (unpaired) electrons. The van der Waals surface area contributed by atoms with Crippen LogP contribution in [0.25, 0.3) is 0 Å². The third kappa shape index (κ3) is 6.67. The molecule has 0 fully saturated rings. The zero-order valence-corrected chi connectivity index (χ0v) is 22.1. The van der Waals surface area contributed by atoms with E-state index in [9.17, 15) is 14.4 Å². The molecule has 2 amide bonds. The lowest BCUT2D eigenvalue weighted by atomic mass is 10.1. The second kappa shape index (κ2) is 12.2. The lowest BCUT2D eigenvalue weighted by Crippen LogP contribution is -2.18. The number of amides is 2. The molecule has 0 saturated heterocycles. The maximum Gasteiger partial charge on any atom is 0.379 e. The second-order valence-electron chi connectivity index (χ2n) is 7.63. The van der Waals surface area contributed by atoms with Crippen molar-refractivity contribution >= 4 is 57.2 Å². The standard InChI is InChI=1S/C27H19BrClN3O6/c1-36-23-10-8-19(29)14-21(23)26(34)31-20-5-2-4-16(13-20)25(33)32-30-15-17-12-18(28)7-9-22(17)38-27(35)24-6-3-11-37-24/h2-15H,1H3,(H,31,34)(H,32,33). The van der Waals surface area contributed by atoms with Crippen LogP contribution in [0, 0.1) is 0 Å². The molecule has 38 heavy (non-hydrogen) atoms. The number of esters is 1. The van der Waals surface area contributed by atoms with Gasteiger partial charge in [0.2, 0.25) is 5.76 Å². The molecular formula is C27H19BrClN3O6. The molecule has 192 valence electrons. The van der Waals surface area contributed by atoms with Gasteiger partial charge in [0.25, 0.3) is 11.8 Å². The molecule has 4 rings (SSSR count). The van der Waals surface area contributed by atoms with Gasteiger partial charge in [0, 0.05) is 26.3 Å². The minimum Gasteiger partial charge on any atom is -0.496 e. The zero-order chi connectivity index (χ0) is 27.1. The number of furan rings is 1. The quantitative estimate of drug-likeness (QED) is 0.112. The maximum absolute atomic E-state index is 12.7. The fourth-order valence-corrected chi connectivity index (χ4v) is 3.83. The molecule has 1 heterocycles. The third-order valence-electron chi connectivity index (χ3n) is 5.06. The number of nitrogens with one attached hydrogen (secondary N) is 2. The molecule has 3 aromatic carbocycles. The molecule has 9 nitrogen and oxygen atoms in total. The lowest BCUT2D eigenvalue weighted by Gasteiger charge is -2.10. The van der Waals surface area contributed by atoms with Gasteiger partial charge in [-0.3, -0.25) is 9.59 Å². The summed E-state index contributed by atoms with van der Waals surface area (Å²) in [7, 11) is 1.45. The van der Waals surface area contributed by atoms with Crippen LogP contribution in [0.5, 0.6) is 11.5 Å². The Labute approximate surface area is 230 Å². The number of ether oxygens (including phenoxy) is 2. The van der Waals surface area contributed by atoms with Gasteiger partial charge in [-0.1, -0.05) is 33.6 Å². The summed E-state index contributed by atoms with van der Waals surface area (Å²) < 4.78 is 16.4. The molecule has 0 aliphatic heterocycles. The van der Waals surface area contributed by atoms with E-state index in [1.54, 1.807) is 54.6 Å². The van der Waals surface area contributed by atoms with E-state index in [1.165, 1.54) is 37.8 Å². The number of benzene rings is 3. The van der Waals surface area contributed by atoms with Gasteiger partial charge in [-0.05, 0) is 66.7 Å². The van der Waals surface area contributed by atoms with Crippen LogP contribution in [0.3, 0.4) is 0 Å². The van der Waals surface area contributed by atoms with Crippen LogP contribution < -0.4 is 20.2 Å². The minimum absolute atomic E-state index is 0.0462. The van der Waals surface area contributed by atoms with E-state index < -0.39 is 17.8 Å². The molecule has 0 saturated carbocycles.